The number of hydrogen-bond acceptors (Lipinski definition) is 6. The number of rotatable bonds is 4. The van der Waals surface area contributed by atoms with E-state index in [4.69, 9.17) is 9.47 Å². The Bertz CT molecular complexity index is 821. The van der Waals surface area contributed by atoms with Crippen LogP contribution in [0, 0.1) is 13.8 Å². The molecule has 0 aliphatic carbocycles. The van der Waals surface area contributed by atoms with Crippen LogP contribution in [0.4, 0.5) is 10.7 Å². The summed E-state index contributed by atoms with van der Waals surface area (Å²) < 4.78 is 11.0. The molecule has 4 rings (SSSR count). The van der Waals surface area contributed by atoms with E-state index in [1.54, 1.807) is 12.0 Å². The number of benzene rings is 1. The number of fused-ring (bicyclic) bond motifs is 1. The van der Waals surface area contributed by atoms with Crippen molar-refractivity contribution in [3.8, 4) is 5.75 Å². The molecule has 0 radical (unpaired) electrons. The van der Waals surface area contributed by atoms with E-state index in [-0.39, 0.29) is 18.2 Å². The SMILES string of the molecule is COc1ccccc1CN1C(=O)O[C@H]2CN(c3nc(C)cc(C)n3)C[C@H]21. The number of aryl methyl sites for hydroxylation is 2. The van der Waals surface area contributed by atoms with Gasteiger partial charge in [-0.2, -0.15) is 0 Å². The first-order chi connectivity index (χ1) is 12.5. The molecule has 2 saturated heterocycles. The standard InChI is InChI=1S/C19H22N4O3/c1-12-8-13(2)21-18(20-12)22-10-15-17(11-22)26-19(24)23(15)9-14-6-4-5-7-16(14)25-3/h4-8,15,17H,9-11H2,1-3H3/t15-,17+/m1/s1. The van der Waals surface area contributed by atoms with Gasteiger partial charge in [0.1, 0.15) is 11.9 Å². The number of hydrogen-bond donors (Lipinski definition) is 0. The van der Waals surface area contributed by atoms with Crippen LogP contribution in [0.3, 0.4) is 0 Å². The highest BCUT2D eigenvalue weighted by Crippen LogP contribution is 2.31. The molecule has 7 heteroatoms. The molecular weight excluding hydrogens is 332 g/mol. The van der Waals surface area contributed by atoms with E-state index < -0.39 is 0 Å². The van der Waals surface area contributed by atoms with Crippen LogP contribution in [0.25, 0.3) is 0 Å². The summed E-state index contributed by atoms with van der Waals surface area (Å²) in [5.74, 6) is 1.47. The fourth-order valence-corrected chi connectivity index (χ4v) is 3.72. The Labute approximate surface area is 152 Å². The van der Waals surface area contributed by atoms with Crippen molar-refractivity contribution in [1.29, 1.82) is 0 Å². The lowest BCUT2D eigenvalue weighted by molar-refractivity contribution is 0.135. The molecule has 7 nitrogen and oxygen atoms in total. The van der Waals surface area contributed by atoms with Crippen LogP contribution in [0.2, 0.25) is 0 Å². The lowest BCUT2D eigenvalue weighted by atomic mass is 10.1. The molecule has 2 aliphatic rings. The Morgan fingerprint density at radius 2 is 1.92 bits per heavy atom. The minimum atomic E-state index is -0.271. The zero-order chi connectivity index (χ0) is 18.3. The van der Waals surface area contributed by atoms with E-state index in [0.29, 0.717) is 25.6 Å². The molecule has 0 saturated carbocycles. The van der Waals surface area contributed by atoms with Gasteiger partial charge in [0.25, 0.3) is 0 Å². The number of carbonyl (C=O) groups is 1. The zero-order valence-corrected chi connectivity index (χ0v) is 15.2. The number of anilines is 1. The number of methoxy groups -OCH3 is 1. The Morgan fingerprint density at radius 1 is 1.19 bits per heavy atom. The predicted molar refractivity (Wildman–Crippen MR) is 96.3 cm³/mol. The molecule has 3 heterocycles. The second-order valence-corrected chi connectivity index (χ2v) is 6.78. The van der Waals surface area contributed by atoms with Crippen molar-refractivity contribution in [1.82, 2.24) is 14.9 Å². The summed E-state index contributed by atoms with van der Waals surface area (Å²) in [6, 6.07) is 9.67. The van der Waals surface area contributed by atoms with Gasteiger partial charge in [0.15, 0.2) is 0 Å². The molecule has 2 atom stereocenters. The molecule has 1 amide bonds. The van der Waals surface area contributed by atoms with Gasteiger partial charge in [-0.05, 0) is 26.0 Å². The second kappa shape index (κ2) is 6.48. The monoisotopic (exact) mass is 354 g/mol. The summed E-state index contributed by atoms with van der Waals surface area (Å²) in [4.78, 5) is 25.3. The van der Waals surface area contributed by atoms with Crippen LogP contribution in [0.15, 0.2) is 30.3 Å². The lowest BCUT2D eigenvalue weighted by Crippen LogP contribution is -2.37. The van der Waals surface area contributed by atoms with Gasteiger partial charge < -0.3 is 14.4 Å². The predicted octanol–water partition coefficient (Wildman–Crippen LogP) is 2.31. The maximum absolute atomic E-state index is 12.4. The van der Waals surface area contributed by atoms with Crippen molar-refractivity contribution in [3.63, 3.8) is 0 Å². The average molecular weight is 354 g/mol. The van der Waals surface area contributed by atoms with Gasteiger partial charge >= 0.3 is 6.09 Å². The summed E-state index contributed by atoms with van der Waals surface area (Å²) >= 11 is 0. The van der Waals surface area contributed by atoms with Crippen molar-refractivity contribution < 1.29 is 14.3 Å². The van der Waals surface area contributed by atoms with Crippen LogP contribution < -0.4 is 9.64 Å². The first kappa shape index (κ1) is 16.6. The molecule has 1 aromatic carbocycles. The van der Waals surface area contributed by atoms with Gasteiger partial charge in [0.2, 0.25) is 5.95 Å². The van der Waals surface area contributed by atoms with E-state index in [9.17, 15) is 4.79 Å². The van der Waals surface area contributed by atoms with Gasteiger partial charge in [0.05, 0.1) is 26.2 Å². The van der Waals surface area contributed by atoms with Crippen molar-refractivity contribution >= 4 is 12.0 Å². The molecule has 1 aromatic heterocycles. The van der Waals surface area contributed by atoms with Crippen LogP contribution in [-0.4, -0.2) is 53.3 Å². The van der Waals surface area contributed by atoms with Crippen molar-refractivity contribution in [3.05, 3.63) is 47.3 Å². The third-order valence-electron chi connectivity index (χ3n) is 4.91. The van der Waals surface area contributed by atoms with Gasteiger partial charge in [-0.15, -0.1) is 0 Å². The molecule has 2 aliphatic heterocycles. The third kappa shape index (κ3) is 2.94. The average Bonchev–Trinajstić information content (AvgIpc) is 3.13. The van der Waals surface area contributed by atoms with Gasteiger partial charge in [-0.3, -0.25) is 4.90 Å². The van der Waals surface area contributed by atoms with E-state index in [0.717, 1.165) is 22.7 Å². The van der Waals surface area contributed by atoms with E-state index >= 15 is 0 Å². The highest BCUT2D eigenvalue weighted by molar-refractivity contribution is 5.72. The molecule has 26 heavy (non-hydrogen) atoms. The molecule has 2 aromatic rings. The Kier molecular flexibility index (Phi) is 4.14. The largest absolute Gasteiger partial charge is 0.496 e. The fourth-order valence-electron chi connectivity index (χ4n) is 3.72. The minimum Gasteiger partial charge on any atom is -0.496 e. The van der Waals surface area contributed by atoms with Crippen LogP contribution in [-0.2, 0) is 11.3 Å². The Morgan fingerprint density at radius 3 is 2.65 bits per heavy atom. The second-order valence-electron chi connectivity index (χ2n) is 6.78. The van der Waals surface area contributed by atoms with Gasteiger partial charge in [-0.1, -0.05) is 18.2 Å². The Balaban J connectivity index is 1.54. The summed E-state index contributed by atoms with van der Waals surface area (Å²) in [6.45, 7) is 5.66. The molecule has 0 bridgehead atoms. The molecular formula is C19H22N4O3. The number of nitrogens with zero attached hydrogens (tertiary/aromatic N) is 4. The lowest BCUT2D eigenvalue weighted by Gasteiger charge is -2.23. The highest BCUT2D eigenvalue weighted by Gasteiger charge is 2.48. The van der Waals surface area contributed by atoms with E-state index in [1.807, 2.05) is 44.2 Å². The van der Waals surface area contributed by atoms with Crippen molar-refractivity contribution in [2.75, 3.05) is 25.1 Å². The first-order valence-corrected chi connectivity index (χ1v) is 8.71. The normalized spacial score (nSPS) is 21.7. The number of para-hydroxylation sites is 1. The number of amides is 1. The fraction of sp³-hybridized carbons (Fsp3) is 0.421. The van der Waals surface area contributed by atoms with Crippen LogP contribution in [0.5, 0.6) is 5.75 Å². The summed E-state index contributed by atoms with van der Waals surface area (Å²) in [6.07, 6.45) is -0.437. The third-order valence-corrected chi connectivity index (χ3v) is 4.91. The maximum atomic E-state index is 12.4. The van der Waals surface area contributed by atoms with Crippen molar-refractivity contribution in [2.45, 2.75) is 32.5 Å². The smallest absolute Gasteiger partial charge is 0.410 e. The van der Waals surface area contributed by atoms with E-state index in [1.165, 1.54) is 0 Å². The highest BCUT2D eigenvalue weighted by atomic mass is 16.6. The molecule has 0 unspecified atom stereocenters. The van der Waals surface area contributed by atoms with Crippen LogP contribution in [0.1, 0.15) is 17.0 Å². The molecule has 0 spiro atoms. The summed E-state index contributed by atoms with van der Waals surface area (Å²) in [7, 11) is 1.64. The zero-order valence-electron chi connectivity index (χ0n) is 15.2. The Hall–Kier alpha value is -2.83. The maximum Gasteiger partial charge on any atom is 0.410 e. The minimum absolute atomic E-state index is 0.0168. The molecule has 0 N–H and O–H groups in total. The van der Waals surface area contributed by atoms with Crippen LogP contribution >= 0.6 is 0 Å². The van der Waals surface area contributed by atoms with Crippen molar-refractivity contribution in [2.24, 2.45) is 0 Å². The van der Waals surface area contributed by atoms with E-state index in [2.05, 4.69) is 14.9 Å². The first-order valence-electron chi connectivity index (χ1n) is 8.71. The summed E-state index contributed by atoms with van der Waals surface area (Å²) in [5.41, 5.74) is 2.84. The topological polar surface area (TPSA) is 67.8 Å². The number of ether oxygens (including phenoxy) is 2. The molecule has 2 fully saturated rings. The quantitative estimate of drug-likeness (QED) is 0.839. The number of aromatic nitrogens is 2. The van der Waals surface area contributed by atoms with Gasteiger partial charge in [-0.25, -0.2) is 14.8 Å². The summed E-state index contributed by atoms with van der Waals surface area (Å²) in [5, 5.41) is 0. The number of carbonyl (C=O) groups excluding carboxylic acids is 1. The van der Waals surface area contributed by atoms with Gasteiger partial charge in [0, 0.05) is 23.5 Å². The molecule has 136 valence electrons.